The van der Waals surface area contributed by atoms with Crippen LogP contribution in [0.1, 0.15) is 21.5 Å². The molecule has 0 saturated carbocycles. The lowest BCUT2D eigenvalue weighted by Crippen LogP contribution is -1.97. The quantitative estimate of drug-likeness (QED) is 0.233. The van der Waals surface area contributed by atoms with Gasteiger partial charge in [-0.2, -0.15) is 0 Å². The van der Waals surface area contributed by atoms with E-state index in [0.29, 0.717) is 29.0 Å². The van der Waals surface area contributed by atoms with Crippen molar-refractivity contribution in [2.45, 2.75) is 6.61 Å². The minimum absolute atomic E-state index is 0.0867. The summed E-state index contributed by atoms with van der Waals surface area (Å²) in [5.41, 5.74) is 2.55. The Balaban J connectivity index is 1.31. The molecule has 3 aromatic carbocycles. The molecule has 0 saturated heterocycles. The molecule has 0 bridgehead atoms. The summed E-state index contributed by atoms with van der Waals surface area (Å²) in [6.07, 6.45) is 3.30. The number of ketones is 1. The van der Waals surface area contributed by atoms with Crippen molar-refractivity contribution in [2.75, 3.05) is 0 Å². The van der Waals surface area contributed by atoms with Crippen molar-refractivity contribution in [3.05, 3.63) is 119 Å². The number of carbonyl (C=O) groups excluding carboxylic acids is 1. The van der Waals surface area contributed by atoms with Crippen LogP contribution in [0.5, 0.6) is 17.4 Å². The van der Waals surface area contributed by atoms with Crippen molar-refractivity contribution >= 4 is 23.5 Å². The van der Waals surface area contributed by atoms with Crippen LogP contribution in [0.4, 0.5) is 0 Å². The van der Waals surface area contributed by atoms with Crippen molar-refractivity contribution < 1.29 is 14.3 Å². The van der Waals surface area contributed by atoms with Gasteiger partial charge < -0.3 is 9.47 Å². The molecule has 0 N–H and O–H groups in total. The average molecular weight is 443 g/mol. The number of benzene rings is 3. The number of hydrogen-bond donors (Lipinski definition) is 0. The van der Waals surface area contributed by atoms with Crippen LogP contribution in [0.2, 0.25) is 5.15 Å². The summed E-state index contributed by atoms with van der Waals surface area (Å²) >= 11 is 5.71. The Bertz CT molecular complexity index is 1190. The lowest BCUT2D eigenvalue weighted by Gasteiger charge is -2.06. The second-order valence-electron chi connectivity index (χ2n) is 6.86. The minimum atomic E-state index is -0.0867. The Morgan fingerprint density at radius 1 is 0.812 bits per heavy atom. The second-order valence-corrected chi connectivity index (χ2v) is 7.25. The van der Waals surface area contributed by atoms with Gasteiger partial charge in [-0.15, -0.1) is 10.2 Å². The largest absolute Gasteiger partial charge is 0.489 e. The first-order valence-electron chi connectivity index (χ1n) is 9.92. The number of carbonyl (C=O) groups is 1. The van der Waals surface area contributed by atoms with Crippen molar-refractivity contribution in [1.29, 1.82) is 0 Å². The predicted molar refractivity (Wildman–Crippen MR) is 124 cm³/mol. The van der Waals surface area contributed by atoms with Crippen LogP contribution < -0.4 is 9.47 Å². The van der Waals surface area contributed by atoms with Crippen molar-refractivity contribution in [3.63, 3.8) is 0 Å². The first-order valence-corrected chi connectivity index (χ1v) is 10.3. The van der Waals surface area contributed by atoms with E-state index in [-0.39, 0.29) is 5.78 Å². The summed E-state index contributed by atoms with van der Waals surface area (Å²) in [6, 6.07) is 27.6. The van der Waals surface area contributed by atoms with E-state index in [2.05, 4.69) is 10.2 Å². The molecule has 0 spiro atoms. The number of rotatable bonds is 8. The van der Waals surface area contributed by atoms with Gasteiger partial charge in [-0.1, -0.05) is 60.1 Å². The zero-order valence-electron chi connectivity index (χ0n) is 17.0. The van der Waals surface area contributed by atoms with Gasteiger partial charge in [-0.3, -0.25) is 4.79 Å². The summed E-state index contributed by atoms with van der Waals surface area (Å²) in [7, 11) is 0. The number of aromatic nitrogens is 2. The van der Waals surface area contributed by atoms with Gasteiger partial charge in [-0.25, -0.2) is 0 Å². The fraction of sp³-hybridized carbons (Fsp3) is 0.0385. The van der Waals surface area contributed by atoms with Gasteiger partial charge in [0.2, 0.25) is 5.88 Å². The van der Waals surface area contributed by atoms with Crippen molar-refractivity contribution in [3.8, 4) is 17.4 Å². The fourth-order valence-electron chi connectivity index (χ4n) is 2.85. The van der Waals surface area contributed by atoms with Gasteiger partial charge in [-0.05, 0) is 59.7 Å². The average Bonchev–Trinajstić information content (AvgIpc) is 2.84. The topological polar surface area (TPSA) is 61.3 Å². The third-order valence-electron chi connectivity index (χ3n) is 4.52. The highest BCUT2D eigenvalue weighted by atomic mass is 35.5. The summed E-state index contributed by atoms with van der Waals surface area (Å²) < 4.78 is 11.4. The van der Waals surface area contributed by atoms with Crippen LogP contribution in [-0.2, 0) is 6.61 Å². The van der Waals surface area contributed by atoms with Gasteiger partial charge in [0.1, 0.15) is 18.1 Å². The van der Waals surface area contributed by atoms with E-state index in [1.54, 1.807) is 60.7 Å². The van der Waals surface area contributed by atoms with E-state index >= 15 is 0 Å². The Kier molecular flexibility index (Phi) is 6.90. The highest BCUT2D eigenvalue weighted by Gasteiger charge is 2.04. The Hall–Kier alpha value is -3.96. The summed E-state index contributed by atoms with van der Waals surface area (Å²) in [4.78, 5) is 12.5. The smallest absolute Gasteiger partial charge is 0.238 e. The van der Waals surface area contributed by atoms with Crippen molar-refractivity contribution in [1.82, 2.24) is 10.2 Å². The monoisotopic (exact) mass is 442 g/mol. The van der Waals surface area contributed by atoms with Gasteiger partial charge in [0.15, 0.2) is 10.9 Å². The number of allylic oxidation sites excluding steroid dienone is 1. The van der Waals surface area contributed by atoms with E-state index in [1.165, 1.54) is 0 Å². The Labute approximate surface area is 190 Å². The first-order chi connectivity index (χ1) is 15.7. The minimum Gasteiger partial charge on any atom is -0.489 e. The maximum absolute atomic E-state index is 12.5. The number of halogens is 1. The third kappa shape index (κ3) is 6.03. The molecule has 0 unspecified atom stereocenters. The maximum Gasteiger partial charge on any atom is 0.238 e. The van der Waals surface area contributed by atoms with E-state index < -0.39 is 0 Å². The zero-order valence-corrected chi connectivity index (χ0v) is 17.8. The molecule has 6 heteroatoms. The second kappa shape index (κ2) is 10.4. The van der Waals surface area contributed by atoms with Gasteiger partial charge in [0.05, 0.1) is 0 Å². The van der Waals surface area contributed by atoms with Crippen LogP contribution in [0, 0.1) is 0 Å². The van der Waals surface area contributed by atoms with Gasteiger partial charge in [0, 0.05) is 11.6 Å². The van der Waals surface area contributed by atoms with E-state index in [1.807, 2.05) is 42.5 Å². The van der Waals surface area contributed by atoms with Crippen LogP contribution >= 0.6 is 11.6 Å². The van der Waals surface area contributed by atoms with E-state index in [0.717, 1.165) is 16.9 Å². The molecule has 0 amide bonds. The molecule has 0 fully saturated rings. The van der Waals surface area contributed by atoms with E-state index in [9.17, 15) is 4.79 Å². The molecule has 1 heterocycles. The SMILES string of the molecule is O=C(/C=C/c1ccc(Oc2ccc(Cl)nn2)cc1)c1ccc(OCc2ccccc2)cc1. The normalized spacial score (nSPS) is 10.8. The summed E-state index contributed by atoms with van der Waals surface area (Å²) in [5.74, 6) is 1.59. The molecule has 158 valence electrons. The van der Waals surface area contributed by atoms with Gasteiger partial charge in [0.25, 0.3) is 0 Å². The molecular weight excluding hydrogens is 424 g/mol. The molecular formula is C26H19ClN2O3. The maximum atomic E-state index is 12.5. The molecule has 0 aliphatic heterocycles. The molecule has 5 nitrogen and oxygen atoms in total. The van der Waals surface area contributed by atoms with E-state index in [4.69, 9.17) is 21.1 Å². The van der Waals surface area contributed by atoms with Gasteiger partial charge >= 0.3 is 0 Å². The highest BCUT2D eigenvalue weighted by Crippen LogP contribution is 2.21. The summed E-state index contributed by atoms with van der Waals surface area (Å²) in [5, 5.41) is 7.89. The Morgan fingerprint density at radius 3 is 2.22 bits per heavy atom. The number of hydrogen-bond acceptors (Lipinski definition) is 5. The highest BCUT2D eigenvalue weighted by molar-refractivity contribution is 6.29. The standard InChI is InChI=1S/C26H19ClN2O3/c27-25-16-17-26(29-28-25)32-23-11-6-19(7-12-23)8-15-24(30)21-9-13-22(14-10-21)31-18-20-4-2-1-3-5-20/h1-17H,18H2/b15-8+. The molecule has 32 heavy (non-hydrogen) atoms. The third-order valence-corrected chi connectivity index (χ3v) is 4.73. The molecule has 0 atom stereocenters. The number of ether oxygens (including phenoxy) is 2. The van der Waals surface area contributed by atoms with Crippen LogP contribution in [-0.4, -0.2) is 16.0 Å². The first kappa shape index (κ1) is 21.3. The molecule has 0 aliphatic rings. The Morgan fingerprint density at radius 2 is 1.53 bits per heavy atom. The fourth-order valence-corrected chi connectivity index (χ4v) is 2.95. The molecule has 4 aromatic rings. The van der Waals surface area contributed by atoms with Crippen molar-refractivity contribution in [2.24, 2.45) is 0 Å². The van der Waals surface area contributed by atoms with Crippen LogP contribution in [0.15, 0.2) is 97.1 Å². The lowest BCUT2D eigenvalue weighted by atomic mass is 10.1. The summed E-state index contributed by atoms with van der Waals surface area (Å²) in [6.45, 7) is 0.484. The molecule has 0 aliphatic carbocycles. The van der Waals surface area contributed by atoms with Crippen LogP contribution in [0.25, 0.3) is 6.08 Å². The van der Waals surface area contributed by atoms with Crippen LogP contribution in [0.3, 0.4) is 0 Å². The number of nitrogens with zero attached hydrogens (tertiary/aromatic N) is 2. The lowest BCUT2D eigenvalue weighted by molar-refractivity contribution is 0.104. The molecule has 4 rings (SSSR count). The molecule has 1 aromatic heterocycles. The molecule has 0 radical (unpaired) electrons. The zero-order chi connectivity index (χ0) is 22.2. The predicted octanol–water partition coefficient (Wildman–Crippen LogP) is 6.40.